The van der Waals surface area contributed by atoms with Gasteiger partial charge in [0.1, 0.15) is 11.9 Å². The number of hydrogen-bond acceptors (Lipinski definition) is 4. The van der Waals surface area contributed by atoms with E-state index in [4.69, 9.17) is 4.43 Å². The monoisotopic (exact) mass is 435 g/mol. The number of aryl methyl sites for hydroxylation is 1. The Morgan fingerprint density at radius 1 is 1.17 bits per heavy atom. The molecule has 0 aromatic carbocycles. The molecule has 3 nitrogen and oxygen atoms in total. The predicted molar refractivity (Wildman–Crippen MR) is 130 cm³/mol. The standard InChI is InChI=1S/C24H41NO2SSi/c1-19(12-10-13-20(2)16-22-17-28-21(3)25-22)14-11-15-24(7,18-26)27-29(8,9)23(4,5)6/h12,16-18H,10-11,13-15H2,1-9H3. The van der Waals surface area contributed by atoms with Gasteiger partial charge in [0, 0.05) is 5.38 Å². The molecular weight excluding hydrogens is 394 g/mol. The van der Waals surface area contributed by atoms with E-state index in [-0.39, 0.29) is 5.04 Å². The molecule has 0 bridgehead atoms. The first-order chi connectivity index (χ1) is 13.3. The van der Waals surface area contributed by atoms with Gasteiger partial charge in [0.2, 0.25) is 0 Å². The highest BCUT2D eigenvalue weighted by Gasteiger charge is 2.42. The van der Waals surface area contributed by atoms with Crippen molar-refractivity contribution in [2.45, 2.75) is 104 Å². The van der Waals surface area contributed by atoms with E-state index >= 15 is 0 Å². The van der Waals surface area contributed by atoms with Gasteiger partial charge in [-0.25, -0.2) is 4.98 Å². The Kier molecular flexibility index (Phi) is 9.70. The molecule has 1 unspecified atom stereocenters. The molecule has 1 aromatic rings. The van der Waals surface area contributed by atoms with Gasteiger partial charge >= 0.3 is 0 Å². The maximum atomic E-state index is 11.8. The van der Waals surface area contributed by atoms with Crippen LogP contribution >= 0.6 is 11.3 Å². The molecule has 0 N–H and O–H groups in total. The topological polar surface area (TPSA) is 39.2 Å². The normalized spacial score (nSPS) is 16.0. The fourth-order valence-electron chi connectivity index (χ4n) is 3.01. The summed E-state index contributed by atoms with van der Waals surface area (Å²) in [6.45, 7) is 19.4. The number of nitrogens with zero attached hydrogens (tertiary/aromatic N) is 1. The minimum atomic E-state index is -1.96. The lowest BCUT2D eigenvalue weighted by atomic mass is 9.98. The zero-order valence-corrected chi connectivity index (χ0v) is 21.8. The van der Waals surface area contributed by atoms with Crippen LogP contribution in [0.25, 0.3) is 6.08 Å². The molecule has 1 aromatic heterocycles. The van der Waals surface area contributed by atoms with Gasteiger partial charge in [-0.1, -0.05) is 38.0 Å². The van der Waals surface area contributed by atoms with Crippen molar-refractivity contribution in [3.63, 3.8) is 0 Å². The fourth-order valence-corrected chi connectivity index (χ4v) is 5.20. The van der Waals surface area contributed by atoms with Crippen molar-refractivity contribution < 1.29 is 9.22 Å². The Morgan fingerprint density at radius 2 is 1.83 bits per heavy atom. The van der Waals surface area contributed by atoms with Crippen LogP contribution in [0.1, 0.15) is 84.3 Å². The van der Waals surface area contributed by atoms with Crippen molar-refractivity contribution in [1.29, 1.82) is 0 Å². The lowest BCUT2D eigenvalue weighted by Gasteiger charge is -2.42. The maximum absolute atomic E-state index is 11.8. The molecule has 0 fully saturated rings. The third kappa shape index (κ3) is 9.10. The zero-order valence-electron chi connectivity index (χ0n) is 20.0. The molecule has 1 atom stereocenters. The van der Waals surface area contributed by atoms with Gasteiger partial charge in [-0.3, -0.25) is 0 Å². The molecule has 0 saturated carbocycles. The second kappa shape index (κ2) is 10.8. The molecule has 0 amide bonds. The third-order valence-corrected chi connectivity index (χ3v) is 11.2. The lowest BCUT2D eigenvalue weighted by Crippen LogP contribution is -2.49. The predicted octanol–water partition coefficient (Wildman–Crippen LogP) is 7.73. The van der Waals surface area contributed by atoms with E-state index in [1.54, 1.807) is 11.3 Å². The summed E-state index contributed by atoms with van der Waals surface area (Å²) < 4.78 is 6.43. The first kappa shape index (κ1) is 26.0. The van der Waals surface area contributed by atoms with Crippen LogP contribution in [0.5, 0.6) is 0 Å². The van der Waals surface area contributed by atoms with E-state index in [1.165, 1.54) is 11.1 Å². The van der Waals surface area contributed by atoms with E-state index < -0.39 is 13.9 Å². The summed E-state index contributed by atoms with van der Waals surface area (Å²) in [5.41, 5.74) is 3.15. The van der Waals surface area contributed by atoms with Crippen molar-refractivity contribution in [3.8, 4) is 0 Å². The number of aromatic nitrogens is 1. The summed E-state index contributed by atoms with van der Waals surface area (Å²) in [7, 11) is -1.96. The Labute approximate surface area is 183 Å². The fraction of sp³-hybridized carbons (Fsp3) is 0.667. The van der Waals surface area contributed by atoms with Crippen LogP contribution in [-0.4, -0.2) is 25.2 Å². The van der Waals surface area contributed by atoms with E-state index in [0.717, 1.165) is 49.1 Å². The summed E-state index contributed by atoms with van der Waals surface area (Å²) in [5.74, 6) is 0. The van der Waals surface area contributed by atoms with Gasteiger partial charge in [-0.2, -0.15) is 0 Å². The third-order valence-electron chi connectivity index (χ3n) is 5.85. The molecule has 164 valence electrons. The Hall–Kier alpha value is -1.04. The number of carbonyl (C=O) groups is 1. The van der Waals surface area contributed by atoms with Gasteiger partial charge in [0.25, 0.3) is 0 Å². The highest BCUT2D eigenvalue weighted by molar-refractivity contribution is 7.09. The van der Waals surface area contributed by atoms with E-state index in [2.05, 4.69) is 70.2 Å². The molecular formula is C24H41NO2SSi. The Balaban J connectivity index is 2.48. The van der Waals surface area contributed by atoms with Crippen LogP contribution in [0.4, 0.5) is 0 Å². The summed E-state index contributed by atoms with van der Waals surface area (Å²) in [5, 5.41) is 3.32. The number of rotatable bonds is 11. The quantitative estimate of drug-likeness (QED) is 0.203. The number of allylic oxidation sites excluding steroid dienone is 3. The molecule has 0 aliphatic rings. The van der Waals surface area contributed by atoms with Crippen LogP contribution in [0.3, 0.4) is 0 Å². The van der Waals surface area contributed by atoms with Crippen molar-refractivity contribution in [3.05, 3.63) is 33.3 Å². The second-order valence-electron chi connectivity index (χ2n) is 10.0. The van der Waals surface area contributed by atoms with Crippen LogP contribution < -0.4 is 0 Å². The number of hydrogen-bond donors (Lipinski definition) is 0. The molecule has 0 aliphatic heterocycles. The van der Waals surface area contributed by atoms with Crippen LogP contribution in [-0.2, 0) is 9.22 Å². The lowest BCUT2D eigenvalue weighted by molar-refractivity contribution is -0.121. The smallest absolute Gasteiger partial charge is 0.193 e. The van der Waals surface area contributed by atoms with E-state index in [0.29, 0.717) is 0 Å². The molecule has 29 heavy (non-hydrogen) atoms. The van der Waals surface area contributed by atoms with E-state index in [1.807, 2.05) is 13.8 Å². The highest BCUT2D eigenvalue weighted by Crippen LogP contribution is 2.39. The Bertz CT molecular complexity index is 727. The van der Waals surface area contributed by atoms with Gasteiger partial charge in [-0.05, 0) is 84.0 Å². The molecule has 0 aliphatic carbocycles. The first-order valence-electron chi connectivity index (χ1n) is 10.7. The van der Waals surface area contributed by atoms with E-state index in [9.17, 15) is 4.79 Å². The molecule has 0 saturated heterocycles. The van der Waals surface area contributed by atoms with Gasteiger partial charge in [0.15, 0.2) is 8.32 Å². The minimum absolute atomic E-state index is 0.107. The van der Waals surface area contributed by atoms with Crippen molar-refractivity contribution in [1.82, 2.24) is 4.98 Å². The average molecular weight is 436 g/mol. The minimum Gasteiger partial charge on any atom is -0.405 e. The van der Waals surface area contributed by atoms with Gasteiger partial charge < -0.3 is 9.22 Å². The van der Waals surface area contributed by atoms with Crippen molar-refractivity contribution in [2.75, 3.05) is 0 Å². The Morgan fingerprint density at radius 3 is 2.34 bits per heavy atom. The second-order valence-corrected chi connectivity index (χ2v) is 15.8. The molecule has 1 rings (SSSR count). The maximum Gasteiger partial charge on any atom is 0.193 e. The molecule has 5 heteroatoms. The van der Waals surface area contributed by atoms with Gasteiger partial charge in [0.05, 0.1) is 10.7 Å². The number of aldehydes is 1. The first-order valence-corrected chi connectivity index (χ1v) is 14.5. The zero-order chi connectivity index (χ0) is 22.3. The van der Waals surface area contributed by atoms with Crippen LogP contribution in [0.2, 0.25) is 18.1 Å². The van der Waals surface area contributed by atoms with Crippen LogP contribution in [0.15, 0.2) is 22.6 Å². The summed E-state index contributed by atoms with van der Waals surface area (Å²) in [4.78, 5) is 16.3. The summed E-state index contributed by atoms with van der Waals surface area (Å²) >= 11 is 1.69. The average Bonchev–Trinajstić information content (AvgIpc) is 2.98. The molecule has 0 spiro atoms. The van der Waals surface area contributed by atoms with Gasteiger partial charge in [-0.15, -0.1) is 11.3 Å². The largest absolute Gasteiger partial charge is 0.405 e. The summed E-state index contributed by atoms with van der Waals surface area (Å²) in [6, 6.07) is 0. The number of carbonyl (C=O) groups excluding carboxylic acids is 1. The number of thiazole rings is 1. The van der Waals surface area contributed by atoms with Crippen LogP contribution in [0, 0.1) is 6.92 Å². The molecule has 1 heterocycles. The SMILES string of the molecule is CC(=Cc1csc(C)n1)CCC=C(C)CCCC(C)(C=O)O[Si](C)(C)C(C)(C)C. The van der Waals surface area contributed by atoms with Crippen molar-refractivity contribution >= 4 is 32.0 Å². The van der Waals surface area contributed by atoms with Crippen molar-refractivity contribution in [2.24, 2.45) is 0 Å². The highest BCUT2D eigenvalue weighted by atomic mass is 32.1. The molecule has 0 radical (unpaired) electrons. The summed E-state index contributed by atoms with van der Waals surface area (Å²) in [6.07, 6.45) is 10.4.